The molecule has 1 unspecified atom stereocenters. The molecule has 0 spiro atoms. The number of rotatable bonds is 11. The number of carbonyl (C=O) groups is 1. The first-order chi connectivity index (χ1) is 14.9. The molecule has 2 heterocycles. The summed E-state index contributed by atoms with van der Waals surface area (Å²) in [6, 6.07) is 7.03. The van der Waals surface area contributed by atoms with Crippen molar-refractivity contribution in [1.82, 2.24) is 15.0 Å². The minimum atomic E-state index is -3.19. The van der Waals surface area contributed by atoms with Crippen molar-refractivity contribution < 1.29 is 32.3 Å². The lowest BCUT2D eigenvalue weighted by Crippen LogP contribution is -2.39. The minimum absolute atomic E-state index is 0.00987. The van der Waals surface area contributed by atoms with Crippen molar-refractivity contribution in [3.05, 3.63) is 35.7 Å². The Morgan fingerprint density at radius 2 is 2.06 bits per heavy atom. The number of benzene rings is 1. The summed E-state index contributed by atoms with van der Waals surface area (Å²) >= 11 is 0. The highest BCUT2D eigenvalue weighted by Crippen LogP contribution is 2.27. The van der Waals surface area contributed by atoms with Crippen LogP contribution < -0.4 is 0 Å². The van der Waals surface area contributed by atoms with Crippen molar-refractivity contribution in [2.45, 2.75) is 38.3 Å². The van der Waals surface area contributed by atoms with Crippen LogP contribution in [0.1, 0.15) is 31.2 Å². The molecule has 1 aliphatic heterocycles. The Balaban J connectivity index is 1.65. The number of ether oxygens (including phenoxy) is 3. The molecule has 1 aromatic carbocycles. The van der Waals surface area contributed by atoms with Crippen LogP contribution in [-0.2, 0) is 31.5 Å². The second kappa shape index (κ2) is 10.7. The van der Waals surface area contributed by atoms with Crippen LogP contribution >= 0.6 is 0 Å². The van der Waals surface area contributed by atoms with Gasteiger partial charge in [0.1, 0.15) is 6.61 Å². The zero-order valence-electron chi connectivity index (χ0n) is 17.7. The molecule has 31 heavy (non-hydrogen) atoms. The number of alkyl halides is 2. The van der Waals surface area contributed by atoms with Gasteiger partial charge in [0.05, 0.1) is 19.3 Å². The molecule has 2 aromatic rings. The fourth-order valence-corrected chi connectivity index (χ4v) is 3.18. The van der Waals surface area contributed by atoms with E-state index in [-0.39, 0.29) is 24.4 Å². The van der Waals surface area contributed by atoms with Crippen molar-refractivity contribution in [2.24, 2.45) is 0 Å². The molecule has 0 radical (unpaired) electrons. The molecule has 10 heteroatoms. The third-order valence-electron chi connectivity index (χ3n) is 4.85. The quantitative estimate of drug-likeness (QED) is 0.498. The lowest BCUT2D eigenvalue weighted by molar-refractivity contribution is -0.138. The number of nitrogens with zero attached hydrogens (tertiary/aromatic N) is 3. The molecule has 3 rings (SSSR count). The maximum atomic E-state index is 13.3. The molecule has 0 saturated carbocycles. The Bertz CT molecular complexity index is 832. The van der Waals surface area contributed by atoms with Crippen molar-refractivity contribution in [2.75, 3.05) is 40.1 Å². The lowest BCUT2D eigenvalue weighted by Gasteiger charge is -2.25. The van der Waals surface area contributed by atoms with Crippen LogP contribution in [0.5, 0.6) is 0 Å². The van der Waals surface area contributed by atoms with E-state index in [0.29, 0.717) is 45.4 Å². The standard InChI is InChI=1S/C21H27F2N3O5/c1-21(22,23)20-24-19(25-31-20)16-7-5-15(6-8-16)12-26(13-17-4-3-9-30-17)18(27)14-29-11-10-28-2/h5-8,17H,3-4,9-14H2,1-2H3. The number of hydrogen-bond donors (Lipinski definition) is 0. The zero-order valence-corrected chi connectivity index (χ0v) is 17.7. The Hall–Kier alpha value is -2.43. The van der Waals surface area contributed by atoms with E-state index in [4.69, 9.17) is 14.2 Å². The van der Waals surface area contributed by atoms with Gasteiger partial charge in [-0.2, -0.15) is 13.8 Å². The summed E-state index contributed by atoms with van der Waals surface area (Å²) < 4.78 is 47.2. The second-order valence-electron chi connectivity index (χ2n) is 7.46. The molecule has 1 atom stereocenters. The summed E-state index contributed by atoms with van der Waals surface area (Å²) in [5.74, 6) is -3.97. The summed E-state index contributed by atoms with van der Waals surface area (Å²) in [7, 11) is 1.57. The molecule has 0 N–H and O–H groups in total. The molecule has 1 amide bonds. The first-order valence-electron chi connectivity index (χ1n) is 10.1. The van der Waals surface area contributed by atoms with Crippen LogP contribution in [-0.4, -0.2) is 67.1 Å². The number of methoxy groups -OCH3 is 1. The van der Waals surface area contributed by atoms with Crippen LogP contribution in [0, 0.1) is 0 Å². The third-order valence-corrected chi connectivity index (χ3v) is 4.85. The van der Waals surface area contributed by atoms with Gasteiger partial charge in [0.15, 0.2) is 0 Å². The van der Waals surface area contributed by atoms with Gasteiger partial charge >= 0.3 is 5.92 Å². The first-order valence-corrected chi connectivity index (χ1v) is 10.1. The minimum Gasteiger partial charge on any atom is -0.382 e. The highest BCUT2D eigenvalue weighted by molar-refractivity contribution is 5.77. The summed E-state index contributed by atoms with van der Waals surface area (Å²) in [4.78, 5) is 18.1. The highest BCUT2D eigenvalue weighted by atomic mass is 19.3. The van der Waals surface area contributed by atoms with Gasteiger partial charge in [0.25, 0.3) is 5.89 Å². The predicted octanol–water partition coefficient (Wildman–Crippen LogP) is 3.02. The van der Waals surface area contributed by atoms with Gasteiger partial charge in [-0.05, 0) is 18.4 Å². The summed E-state index contributed by atoms with van der Waals surface area (Å²) in [6.07, 6.45) is 1.90. The van der Waals surface area contributed by atoms with Crippen molar-refractivity contribution in [1.29, 1.82) is 0 Å². The van der Waals surface area contributed by atoms with Gasteiger partial charge in [-0.25, -0.2) is 0 Å². The fraction of sp³-hybridized carbons (Fsp3) is 0.571. The molecule has 8 nitrogen and oxygen atoms in total. The van der Waals surface area contributed by atoms with E-state index in [1.807, 2.05) is 0 Å². The van der Waals surface area contributed by atoms with Gasteiger partial charge in [-0.15, -0.1) is 0 Å². The monoisotopic (exact) mass is 439 g/mol. The summed E-state index contributed by atoms with van der Waals surface area (Å²) in [5, 5.41) is 3.62. The SMILES string of the molecule is COCCOCC(=O)N(Cc1ccc(-c2noc(C(C)(F)F)n2)cc1)CC1CCCO1. The number of aromatic nitrogens is 2. The predicted molar refractivity (Wildman–Crippen MR) is 106 cm³/mol. The normalized spacial score (nSPS) is 16.6. The summed E-state index contributed by atoms with van der Waals surface area (Å²) in [5.41, 5.74) is 1.42. The van der Waals surface area contributed by atoms with Gasteiger partial charge in [0, 0.05) is 39.3 Å². The van der Waals surface area contributed by atoms with Gasteiger partial charge < -0.3 is 23.6 Å². The van der Waals surface area contributed by atoms with E-state index in [2.05, 4.69) is 14.7 Å². The third kappa shape index (κ3) is 6.78. The van der Waals surface area contributed by atoms with Crippen LogP contribution in [0.25, 0.3) is 11.4 Å². The van der Waals surface area contributed by atoms with Crippen molar-refractivity contribution in [3.63, 3.8) is 0 Å². The molecular weight excluding hydrogens is 412 g/mol. The van der Waals surface area contributed by atoms with Crippen LogP contribution in [0.2, 0.25) is 0 Å². The Morgan fingerprint density at radius 3 is 2.68 bits per heavy atom. The molecule has 1 aromatic heterocycles. The Labute approximate surface area is 179 Å². The average Bonchev–Trinajstić information content (AvgIpc) is 3.43. The van der Waals surface area contributed by atoms with Crippen molar-refractivity contribution in [3.8, 4) is 11.4 Å². The number of halogens is 2. The van der Waals surface area contributed by atoms with E-state index in [1.165, 1.54) is 0 Å². The fourth-order valence-electron chi connectivity index (χ4n) is 3.18. The smallest absolute Gasteiger partial charge is 0.322 e. The Morgan fingerprint density at radius 1 is 1.29 bits per heavy atom. The first kappa shape index (κ1) is 23.2. The van der Waals surface area contributed by atoms with Gasteiger partial charge in [-0.1, -0.05) is 29.4 Å². The Kier molecular flexibility index (Phi) is 8.05. The molecule has 0 bridgehead atoms. The van der Waals surface area contributed by atoms with Gasteiger partial charge in [-0.3, -0.25) is 4.79 Å². The maximum Gasteiger partial charge on any atom is 0.322 e. The zero-order chi connectivity index (χ0) is 22.3. The molecule has 0 aliphatic carbocycles. The molecule has 170 valence electrons. The van der Waals surface area contributed by atoms with Crippen molar-refractivity contribution >= 4 is 5.91 Å². The molecule has 1 fully saturated rings. The molecule has 1 saturated heterocycles. The number of amides is 1. The van der Waals surface area contributed by atoms with E-state index >= 15 is 0 Å². The van der Waals surface area contributed by atoms with Crippen LogP contribution in [0.3, 0.4) is 0 Å². The van der Waals surface area contributed by atoms with E-state index < -0.39 is 11.8 Å². The summed E-state index contributed by atoms with van der Waals surface area (Å²) in [6.45, 7) is 2.98. The maximum absolute atomic E-state index is 13.3. The van der Waals surface area contributed by atoms with Crippen LogP contribution in [0.4, 0.5) is 8.78 Å². The second-order valence-corrected chi connectivity index (χ2v) is 7.46. The number of hydrogen-bond acceptors (Lipinski definition) is 7. The molecule has 1 aliphatic rings. The van der Waals surface area contributed by atoms with E-state index in [9.17, 15) is 13.6 Å². The topological polar surface area (TPSA) is 86.9 Å². The van der Waals surface area contributed by atoms with E-state index in [1.54, 1.807) is 36.3 Å². The lowest BCUT2D eigenvalue weighted by atomic mass is 10.1. The van der Waals surface area contributed by atoms with Gasteiger partial charge in [0.2, 0.25) is 11.7 Å². The van der Waals surface area contributed by atoms with Crippen LogP contribution in [0.15, 0.2) is 28.8 Å². The largest absolute Gasteiger partial charge is 0.382 e. The average molecular weight is 439 g/mol. The number of carbonyl (C=O) groups excluding carboxylic acids is 1. The van der Waals surface area contributed by atoms with E-state index in [0.717, 1.165) is 18.4 Å². The highest BCUT2D eigenvalue weighted by Gasteiger charge is 2.32. The molecular formula is C21H27F2N3O5.